The van der Waals surface area contributed by atoms with E-state index in [9.17, 15) is 10.1 Å². The molecule has 0 amide bonds. The molecule has 0 aliphatic heterocycles. The Morgan fingerprint density at radius 2 is 1.76 bits per heavy atom. The minimum absolute atomic E-state index is 0.133. The Labute approximate surface area is 126 Å². The molecule has 1 aliphatic carbocycles. The number of nitro groups is 1. The quantitative estimate of drug-likeness (QED) is 0.607. The van der Waals surface area contributed by atoms with E-state index in [0.717, 1.165) is 30.4 Å². The zero-order valence-corrected chi connectivity index (χ0v) is 12.9. The number of hydrogen-bond acceptors (Lipinski definition) is 4. The highest BCUT2D eigenvalue weighted by Crippen LogP contribution is 2.29. The number of nitro benzene ring substituents is 1. The van der Waals surface area contributed by atoms with Gasteiger partial charge in [-0.15, -0.1) is 0 Å². The lowest BCUT2D eigenvalue weighted by Crippen LogP contribution is -2.20. The minimum Gasteiger partial charge on any atom is -0.385 e. The van der Waals surface area contributed by atoms with E-state index in [1.165, 1.54) is 25.7 Å². The van der Waals surface area contributed by atoms with Crippen molar-refractivity contribution in [2.24, 2.45) is 11.8 Å². The molecule has 5 heteroatoms. The van der Waals surface area contributed by atoms with Gasteiger partial charge in [0.1, 0.15) is 0 Å². The molecule has 1 aromatic rings. The Morgan fingerprint density at radius 3 is 2.33 bits per heavy atom. The molecule has 1 fully saturated rings. The molecule has 0 aromatic heterocycles. The van der Waals surface area contributed by atoms with E-state index >= 15 is 0 Å². The second-order valence-electron chi connectivity index (χ2n) is 6.06. The summed E-state index contributed by atoms with van der Waals surface area (Å²) in [6.07, 6.45) is 5.10. The zero-order chi connectivity index (χ0) is 15.2. The normalized spacial score (nSPS) is 21.8. The predicted molar refractivity (Wildman–Crippen MR) is 86.9 cm³/mol. The Bertz CT molecular complexity index is 482. The summed E-state index contributed by atoms with van der Waals surface area (Å²) in [5.74, 6) is 1.53. The molecule has 0 atom stereocenters. The molecule has 5 nitrogen and oxygen atoms in total. The summed E-state index contributed by atoms with van der Waals surface area (Å²) in [5, 5.41) is 17.5. The van der Waals surface area contributed by atoms with Crippen molar-refractivity contribution in [3.63, 3.8) is 0 Å². The Morgan fingerprint density at radius 1 is 1.14 bits per heavy atom. The third-order valence-corrected chi connectivity index (χ3v) is 4.24. The predicted octanol–water partition coefficient (Wildman–Crippen LogP) is 4.26. The number of anilines is 2. The maximum atomic E-state index is 11.0. The van der Waals surface area contributed by atoms with Gasteiger partial charge < -0.3 is 10.6 Å². The monoisotopic (exact) mass is 291 g/mol. The molecule has 0 heterocycles. The van der Waals surface area contributed by atoms with Gasteiger partial charge in [-0.3, -0.25) is 10.1 Å². The Hall–Kier alpha value is -1.78. The standard InChI is InChI=1S/C16H25N3O2/c1-3-17-14-8-15(10-16(9-14)19(20)21)18-11-13-6-4-12(2)5-7-13/h8-10,12-13,17-18H,3-7,11H2,1-2H3. The molecular weight excluding hydrogens is 266 g/mol. The number of benzene rings is 1. The van der Waals surface area contributed by atoms with Gasteiger partial charge in [-0.25, -0.2) is 0 Å². The van der Waals surface area contributed by atoms with Gasteiger partial charge in [0.2, 0.25) is 0 Å². The average molecular weight is 291 g/mol. The van der Waals surface area contributed by atoms with Crippen molar-refractivity contribution < 1.29 is 4.92 Å². The maximum absolute atomic E-state index is 11.0. The van der Waals surface area contributed by atoms with Crippen molar-refractivity contribution in [2.45, 2.75) is 39.5 Å². The summed E-state index contributed by atoms with van der Waals surface area (Å²) >= 11 is 0. The van der Waals surface area contributed by atoms with Gasteiger partial charge in [0.25, 0.3) is 5.69 Å². The number of nitrogens with one attached hydrogen (secondary N) is 2. The Balaban J connectivity index is 1.99. The van der Waals surface area contributed by atoms with Crippen LogP contribution < -0.4 is 10.6 Å². The summed E-state index contributed by atoms with van der Waals surface area (Å²) in [4.78, 5) is 10.7. The number of non-ortho nitro benzene ring substituents is 1. The molecule has 2 N–H and O–H groups in total. The van der Waals surface area contributed by atoms with Crippen molar-refractivity contribution in [2.75, 3.05) is 23.7 Å². The lowest BCUT2D eigenvalue weighted by molar-refractivity contribution is -0.384. The van der Waals surface area contributed by atoms with Crippen LogP contribution in [0.5, 0.6) is 0 Å². The SMILES string of the molecule is CCNc1cc(NCC2CCC(C)CC2)cc([N+](=O)[O-])c1. The molecule has 0 saturated heterocycles. The lowest BCUT2D eigenvalue weighted by Gasteiger charge is -2.26. The van der Waals surface area contributed by atoms with Crippen molar-refractivity contribution in [3.05, 3.63) is 28.3 Å². The summed E-state index contributed by atoms with van der Waals surface area (Å²) in [6, 6.07) is 5.14. The fourth-order valence-corrected chi connectivity index (χ4v) is 2.92. The van der Waals surface area contributed by atoms with Crippen LogP contribution >= 0.6 is 0 Å². The van der Waals surface area contributed by atoms with Crippen LogP contribution in [-0.2, 0) is 0 Å². The fraction of sp³-hybridized carbons (Fsp3) is 0.625. The van der Waals surface area contributed by atoms with Gasteiger partial charge in [0.05, 0.1) is 4.92 Å². The average Bonchev–Trinajstić information content (AvgIpc) is 2.47. The van der Waals surface area contributed by atoms with E-state index in [1.54, 1.807) is 12.1 Å². The van der Waals surface area contributed by atoms with Crippen LogP contribution in [0.2, 0.25) is 0 Å². The molecule has 1 aromatic carbocycles. The zero-order valence-electron chi connectivity index (χ0n) is 12.9. The van der Waals surface area contributed by atoms with Crippen molar-refractivity contribution in [3.8, 4) is 0 Å². The van der Waals surface area contributed by atoms with Crippen LogP contribution in [0.4, 0.5) is 17.1 Å². The van der Waals surface area contributed by atoms with Crippen LogP contribution in [0.25, 0.3) is 0 Å². The third-order valence-electron chi connectivity index (χ3n) is 4.24. The fourth-order valence-electron chi connectivity index (χ4n) is 2.92. The highest BCUT2D eigenvalue weighted by Gasteiger charge is 2.18. The van der Waals surface area contributed by atoms with E-state index in [0.29, 0.717) is 5.92 Å². The molecule has 21 heavy (non-hydrogen) atoms. The lowest BCUT2D eigenvalue weighted by atomic mass is 9.83. The first-order valence-electron chi connectivity index (χ1n) is 7.85. The summed E-state index contributed by atoms with van der Waals surface area (Å²) in [5.41, 5.74) is 1.76. The number of rotatable bonds is 6. The first-order valence-corrected chi connectivity index (χ1v) is 7.85. The maximum Gasteiger partial charge on any atom is 0.273 e. The van der Waals surface area contributed by atoms with Gasteiger partial charge in [-0.05, 0) is 37.7 Å². The number of nitrogens with zero attached hydrogens (tertiary/aromatic N) is 1. The van der Waals surface area contributed by atoms with Gasteiger partial charge in [-0.1, -0.05) is 19.8 Å². The third kappa shape index (κ3) is 4.62. The largest absolute Gasteiger partial charge is 0.385 e. The smallest absolute Gasteiger partial charge is 0.273 e. The van der Waals surface area contributed by atoms with Gasteiger partial charge in [0.15, 0.2) is 0 Å². The highest BCUT2D eigenvalue weighted by atomic mass is 16.6. The van der Waals surface area contributed by atoms with E-state index in [4.69, 9.17) is 0 Å². The van der Waals surface area contributed by atoms with E-state index in [2.05, 4.69) is 17.6 Å². The van der Waals surface area contributed by atoms with Gasteiger partial charge in [0, 0.05) is 36.6 Å². The molecule has 1 saturated carbocycles. The van der Waals surface area contributed by atoms with E-state index in [-0.39, 0.29) is 10.6 Å². The molecule has 0 spiro atoms. The van der Waals surface area contributed by atoms with E-state index in [1.807, 2.05) is 13.0 Å². The molecule has 2 rings (SSSR count). The second-order valence-corrected chi connectivity index (χ2v) is 6.06. The topological polar surface area (TPSA) is 67.2 Å². The van der Waals surface area contributed by atoms with Crippen LogP contribution in [0, 0.1) is 22.0 Å². The van der Waals surface area contributed by atoms with E-state index < -0.39 is 0 Å². The molecule has 116 valence electrons. The first-order chi connectivity index (χ1) is 10.1. The van der Waals surface area contributed by atoms with Crippen molar-refractivity contribution in [1.29, 1.82) is 0 Å². The highest BCUT2D eigenvalue weighted by molar-refractivity contribution is 5.63. The second kappa shape index (κ2) is 7.29. The molecule has 1 aliphatic rings. The molecule has 0 bridgehead atoms. The summed E-state index contributed by atoms with van der Waals surface area (Å²) in [7, 11) is 0. The molecule has 0 radical (unpaired) electrons. The minimum atomic E-state index is -0.339. The molecular formula is C16H25N3O2. The van der Waals surface area contributed by atoms with Gasteiger partial charge >= 0.3 is 0 Å². The van der Waals surface area contributed by atoms with Crippen molar-refractivity contribution in [1.82, 2.24) is 0 Å². The summed E-state index contributed by atoms with van der Waals surface area (Å²) in [6.45, 7) is 5.95. The van der Waals surface area contributed by atoms with Crippen LogP contribution in [0.15, 0.2) is 18.2 Å². The van der Waals surface area contributed by atoms with Gasteiger partial charge in [-0.2, -0.15) is 0 Å². The van der Waals surface area contributed by atoms with Crippen LogP contribution in [0.3, 0.4) is 0 Å². The van der Waals surface area contributed by atoms with Crippen LogP contribution in [-0.4, -0.2) is 18.0 Å². The van der Waals surface area contributed by atoms with Crippen molar-refractivity contribution >= 4 is 17.1 Å². The Kier molecular flexibility index (Phi) is 5.42. The molecule has 0 unspecified atom stereocenters. The van der Waals surface area contributed by atoms with Crippen LogP contribution in [0.1, 0.15) is 39.5 Å². The summed E-state index contributed by atoms with van der Waals surface area (Å²) < 4.78 is 0. The number of hydrogen-bond donors (Lipinski definition) is 2. The first kappa shape index (κ1) is 15.6.